The van der Waals surface area contributed by atoms with Gasteiger partial charge in [-0.2, -0.15) is 0 Å². The number of ether oxygens (including phenoxy) is 1. The number of halogens is 2. The molecule has 2 aromatic carbocycles. The summed E-state index contributed by atoms with van der Waals surface area (Å²) in [6.07, 6.45) is 0. The Bertz CT molecular complexity index is 673. The lowest BCUT2D eigenvalue weighted by Crippen LogP contribution is -2.15. The summed E-state index contributed by atoms with van der Waals surface area (Å²) in [4.78, 5) is 12.5. The van der Waals surface area contributed by atoms with Crippen molar-refractivity contribution in [2.24, 2.45) is 0 Å². The van der Waals surface area contributed by atoms with Crippen molar-refractivity contribution in [2.75, 3.05) is 12.4 Å². The van der Waals surface area contributed by atoms with Crippen LogP contribution in [-0.2, 0) is 11.3 Å². The fraction of sp³-hybridized carbons (Fsp3) is 0.188. The maximum atomic E-state index is 12.5. The van der Waals surface area contributed by atoms with Crippen LogP contribution in [0.1, 0.15) is 21.5 Å². The predicted octanol–water partition coefficient (Wildman–Crippen LogP) is 4.81. The molecule has 1 amide bonds. The van der Waals surface area contributed by atoms with E-state index in [0.717, 1.165) is 16.8 Å². The van der Waals surface area contributed by atoms with E-state index in [4.69, 9.17) is 16.3 Å². The molecule has 2 rings (SSSR count). The first-order valence-corrected chi connectivity index (χ1v) is 7.54. The first kappa shape index (κ1) is 16.0. The van der Waals surface area contributed by atoms with Crippen molar-refractivity contribution in [1.29, 1.82) is 0 Å². The third-order valence-electron chi connectivity index (χ3n) is 3.08. The maximum Gasteiger partial charge on any atom is 0.256 e. The summed E-state index contributed by atoms with van der Waals surface area (Å²) < 4.78 is 5.81. The number of rotatable bonds is 4. The monoisotopic (exact) mass is 367 g/mol. The molecule has 110 valence electrons. The van der Waals surface area contributed by atoms with Crippen LogP contribution in [0.4, 0.5) is 5.69 Å². The highest BCUT2D eigenvalue weighted by atomic mass is 79.9. The van der Waals surface area contributed by atoms with E-state index in [2.05, 4.69) is 21.2 Å². The number of nitrogens with one attached hydrogen (secondary N) is 1. The molecule has 0 aliphatic carbocycles. The van der Waals surface area contributed by atoms with Gasteiger partial charge in [-0.15, -0.1) is 0 Å². The van der Waals surface area contributed by atoms with Crippen molar-refractivity contribution < 1.29 is 9.53 Å². The maximum absolute atomic E-state index is 12.5. The minimum Gasteiger partial charge on any atom is -0.380 e. The normalized spacial score (nSPS) is 10.5. The van der Waals surface area contributed by atoms with Crippen LogP contribution in [0.25, 0.3) is 0 Å². The zero-order chi connectivity index (χ0) is 15.4. The third kappa shape index (κ3) is 3.84. The van der Waals surface area contributed by atoms with Crippen molar-refractivity contribution in [1.82, 2.24) is 0 Å². The summed E-state index contributed by atoms with van der Waals surface area (Å²) in [5, 5.41) is 3.46. The second-order valence-corrected chi connectivity index (χ2v) is 5.89. The molecule has 3 nitrogen and oxygen atoms in total. The minimum atomic E-state index is -0.186. The summed E-state index contributed by atoms with van der Waals surface area (Å²) in [7, 11) is 1.58. The van der Waals surface area contributed by atoms with Crippen LogP contribution >= 0.6 is 27.5 Å². The molecule has 0 aromatic heterocycles. The highest BCUT2D eigenvalue weighted by Gasteiger charge is 2.15. The molecular weight excluding hydrogens is 354 g/mol. The highest BCUT2D eigenvalue weighted by Crippen LogP contribution is 2.27. The van der Waals surface area contributed by atoms with Gasteiger partial charge in [0.25, 0.3) is 5.91 Å². The summed E-state index contributed by atoms with van der Waals surface area (Å²) in [5.74, 6) is -0.186. The largest absolute Gasteiger partial charge is 0.380 e. The van der Waals surface area contributed by atoms with E-state index in [0.29, 0.717) is 21.7 Å². The van der Waals surface area contributed by atoms with E-state index < -0.39 is 0 Å². The van der Waals surface area contributed by atoms with E-state index >= 15 is 0 Å². The van der Waals surface area contributed by atoms with Crippen molar-refractivity contribution in [2.45, 2.75) is 13.5 Å². The second kappa shape index (κ2) is 7.07. The summed E-state index contributed by atoms with van der Waals surface area (Å²) in [5.41, 5.74) is 3.08. The van der Waals surface area contributed by atoms with Crippen LogP contribution in [0.15, 0.2) is 40.9 Å². The highest BCUT2D eigenvalue weighted by molar-refractivity contribution is 9.10. The Morgan fingerprint density at radius 2 is 2.05 bits per heavy atom. The number of methoxy groups -OCH3 is 1. The number of carbonyl (C=O) groups excluding carboxylic acids is 1. The Morgan fingerprint density at radius 3 is 2.71 bits per heavy atom. The third-order valence-corrected chi connectivity index (χ3v) is 4.28. The zero-order valence-electron chi connectivity index (χ0n) is 11.7. The molecule has 0 spiro atoms. The molecule has 0 saturated heterocycles. The number of hydrogen-bond acceptors (Lipinski definition) is 2. The Hall–Kier alpha value is -1.36. The molecule has 5 heteroatoms. The zero-order valence-corrected chi connectivity index (χ0v) is 14.1. The van der Waals surface area contributed by atoms with Gasteiger partial charge in [-0.05, 0) is 52.2 Å². The molecular formula is C16H15BrClNO2. The van der Waals surface area contributed by atoms with Crippen molar-refractivity contribution in [3.63, 3.8) is 0 Å². The summed E-state index contributed by atoms with van der Waals surface area (Å²) >= 11 is 9.42. The number of amides is 1. The second-order valence-electron chi connectivity index (χ2n) is 4.63. The van der Waals surface area contributed by atoms with Gasteiger partial charge in [0, 0.05) is 22.8 Å². The molecule has 21 heavy (non-hydrogen) atoms. The van der Waals surface area contributed by atoms with Crippen LogP contribution < -0.4 is 5.32 Å². The predicted molar refractivity (Wildman–Crippen MR) is 89.0 cm³/mol. The van der Waals surface area contributed by atoms with Gasteiger partial charge in [0.05, 0.1) is 11.6 Å². The standard InChI is InChI=1S/C16H15BrClNO2/c1-10-5-3-4-6-15(10)19-16(20)12-8-13(17)14(18)7-11(12)9-21-2/h3-8H,9H2,1-2H3,(H,19,20). The molecule has 2 aromatic rings. The fourth-order valence-corrected chi connectivity index (χ4v) is 2.51. The van der Waals surface area contributed by atoms with Crippen LogP contribution in [0.2, 0.25) is 5.02 Å². The van der Waals surface area contributed by atoms with Crippen molar-refractivity contribution in [3.8, 4) is 0 Å². The number of hydrogen-bond donors (Lipinski definition) is 1. The molecule has 0 saturated carbocycles. The fourth-order valence-electron chi connectivity index (χ4n) is 1.98. The minimum absolute atomic E-state index is 0.186. The van der Waals surface area contributed by atoms with Crippen LogP contribution in [0.3, 0.4) is 0 Å². The molecule has 0 fully saturated rings. The molecule has 0 aliphatic heterocycles. The number of anilines is 1. The average Bonchev–Trinajstić information content (AvgIpc) is 2.45. The van der Waals surface area contributed by atoms with Crippen LogP contribution in [-0.4, -0.2) is 13.0 Å². The lowest BCUT2D eigenvalue weighted by atomic mass is 10.1. The quantitative estimate of drug-likeness (QED) is 0.841. The van der Waals surface area contributed by atoms with E-state index in [9.17, 15) is 4.79 Å². The lowest BCUT2D eigenvalue weighted by molar-refractivity contribution is 0.102. The van der Waals surface area contributed by atoms with Gasteiger partial charge in [-0.25, -0.2) is 0 Å². The van der Waals surface area contributed by atoms with E-state index in [1.54, 1.807) is 19.2 Å². The van der Waals surface area contributed by atoms with Gasteiger partial charge in [-0.3, -0.25) is 4.79 Å². The van der Waals surface area contributed by atoms with Gasteiger partial charge >= 0.3 is 0 Å². The molecule has 0 heterocycles. The molecule has 0 bridgehead atoms. The van der Waals surface area contributed by atoms with Gasteiger partial charge < -0.3 is 10.1 Å². The number of carbonyl (C=O) groups is 1. The number of benzene rings is 2. The van der Waals surface area contributed by atoms with E-state index in [1.165, 1.54) is 0 Å². The average molecular weight is 369 g/mol. The van der Waals surface area contributed by atoms with Crippen molar-refractivity contribution >= 4 is 39.1 Å². The molecule has 1 N–H and O–H groups in total. The van der Waals surface area contributed by atoms with Gasteiger partial charge in [0.1, 0.15) is 0 Å². The summed E-state index contributed by atoms with van der Waals surface area (Å²) in [6, 6.07) is 11.1. The molecule has 0 unspecified atom stereocenters. The van der Waals surface area contributed by atoms with Crippen LogP contribution in [0.5, 0.6) is 0 Å². The SMILES string of the molecule is COCc1cc(Cl)c(Br)cc1C(=O)Nc1ccccc1C. The Balaban J connectivity index is 2.34. The Kier molecular flexibility index (Phi) is 5.39. The lowest BCUT2D eigenvalue weighted by Gasteiger charge is -2.12. The molecule has 0 aliphatic rings. The van der Waals surface area contributed by atoms with E-state index in [1.807, 2.05) is 31.2 Å². The van der Waals surface area contributed by atoms with Gasteiger partial charge in [0.15, 0.2) is 0 Å². The topological polar surface area (TPSA) is 38.3 Å². The molecule has 0 atom stereocenters. The smallest absolute Gasteiger partial charge is 0.256 e. The first-order chi connectivity index (χ1) is 10.0. The summed E-state index contributed by atoms with van der Waals surface area (Å²) in [6.45, 7) is 2.27. The number of aryl methyl sites for hydroxylation is 1. The van der Waals surface area contributed by atoms with Gasteiger partial charge in [0.2, 0.25) is 0 Å². The molecule has 0 radical (unpaired) electrons. The Morgan fingerprint density at radius 1 is 1.33 bits per heavy atom. The van der Waals surface area contributed by atoms with Crippen molar-refractivity contribution in [3.05, 3.63) is 62.6 Å². The van der Waals surface area contributed by atoms with Crippen LogP contribution in [0, 0.1) is 6.92 Å². The first-order valence-electron chi connectivity index (χ1n) is 6.36. The van der Waals surface area contributed by atoms with E-state index in [-0.39, 0.29) is 5.91 Å². The number of para-hydroxylation sites is 1. The Labute approximate surface area is 137 Å². The van der Waals surface area contributed by atoms with Gasteiger partial charge in [-0.1, -0.05) is 29.8 Å².